The lowest BCUT2D eigenvalue weighted by atomic mass is 10.0. The highest BCUT2D eigenvalue weighted by atomic mass is 16.1. The normalized spacial score (nSPS) is 12.9. The molecule has 0 radical (unpaired) electrons. The fourth-order valence-corrected chi connectivity index (χ4v) is 1.80. The Bertz CT molecular complexity index is 428. The van der Waals surface area contributed by atoms with Crippen LogP contribution in [-0.2, 0) is 6.42 Å². The predicted molar refractivity (Wildman–Crippen MR) is 62.4 cm³/mol. The number of carbonyl (C=O) groups is 1. The maximum Gasteiger partial charge on any atom is 0.185 e. The van der Waals surface area contributed by atoms with Crippen molar-refractivity contribution < 1.29 is 4.79 Å². The lowest BCUT2D eigenvalue weighted by Crippen LogP contribution is -1.96. The van der Waals surface area contributed by atoms with Crippen molar-refractivity contribution in [3.63, 3.8) is 0 Å². The molecule has 0 fully saturated rings. The van der Waals surface area contributed by atoms with Crippen LogP contribution in [0.1, 0.15) is 29.8 Å². The number of ketones is 1. The minimum atomic E-state index is 0.102. The summed E-state index contributed by atoms with van der Waals surface area (Å²) in [6.07, 6.45) is 2.70. The second-order valence-corrected chi connectivity index (χ2v) is 4.13. The van der Waals surface area contributed by atoms with E-state index in [4.69, 9.17) is 0 Å². The van der Waals surface area contributed by atoms with Crippen LogP contribution in [0.25, 0.3) is 0 Å². The molecule has 78 valence electrons. The molecule has 1 aromatic rings. The van der Waals surface area contributed by atoms with Gasteiger partial charge in [-0.3, -0.25) is 4.79 Å². The molecule has 0 atom stereocenters. The number of nitrogens with one attached hydrogen (secondary N) is 1. The van der Waals surface area contributed by atoms with Crippen molar-refractivity contribution in [1.82, 2.24) is 0 Å². The second kappa shape index (κ2) is 3.89. The molecule has 0 saturated carbocycles. The fourth-order valence-electron chi connectivity index (χ4n) is 1.80. The van der Waals surface area contributed by atoms with Gasteiger partial charge in [0.1, 0.15) is 0 Å². The van der Waals surface area contributed by atoms with Gasteiger partial charge < -0.3 is 5.32 Å². The maximum absolute atomic E-state index is 11.8. The first-order valence-electron chi connectivity index (χ1n) is 5.23. The number of benzene rings is 1. The predicted octanol–water partition coefficient (Wildman–Crippen LogP) is 2.80. The molecule has 0 saturated heterocycles. The van der Waals surface area contributed by atoms with Crippen molar-refractivity contribution >= 4 is 11.5 Å². The molecule has 0 amide bonds. The minimum Gasteiger partial charge on any atom is -0.384 e. The van der Waals surface area contributed by atoms with Gasteiger partial charge in [-0.05, 0) is 50.1 Å². The second-order valence-electron chi connectivity index (χ2n) is 4.13. The molecule has 0 aromatic heterocycles. The largest absolute Gasteiger partial charge is 0.384 e. The average molecular weight is 201 g/mol. The van der Waals surface area contributed by atoms with Crippen LogP contribution in [0.2, 0.25) is 0 Å². The molecular weight excluding hydrogens is 186 g/mol. The summed E-state index contributed by atoms with van der Waals surface area (Å²) in [5, 5.41) is 3.28. The highest BCUT2D eigenvalue weighted by molar-refractivity contribution is 6.05. The number of rotatable bonds is 2. The number of fused-ring (bicyclic) bond motifs is 1. The number of carbonyl (C=O) groups excluding carboxylic acids is 1. The molecule has 2 nitrogen and oxygen atoms in total. The molecule has 15 heavy (non-hydrogen) atoms. The van der Waals surface area contributed by atoms with E-state index in [-0.39, 0.29) is 5.78 Å². The van der Waals surface area contributed by atoms with Crippen molar-refractivity contribution in [3.05, 3.63) is 41.0 Å². The molecule has 0 spiro atoms. The third-order valence-electron chi connectivity index (χ3n) is 2.52. The van der Waals surface area contributed by atoms with Crippen LogP contribution < -0.4 is 5.32 Å². The Kier molecular flexibility index (Phi) is 2.58. The van der Waals surface area contributed by atoms with E-state index in [1.54, 1.807) is 6.08 Å². The van der Waals surface area contributed by atoms with E-state index < -0.39 is 0 Å². The summed E-state index contributed by atoms with van der Waals surface area (Å²) >= 11 is 0. The highest BCUT2D eigenvalue weighted by Crippen LogP contribution is 2.23. The molecule has 0 aliphatic carbocycles. The van der Waals surface area contributed by atoms with Gasteiger partial charge in [0, 0.05) is 17.8 Å². The van der Waals surface area contributed by atoms with Gasteiger partial charge in [0.2, 0.25) is 0 Å². The first-order chi connectivity index (χ1) is 7.16. The Morgan fingerprint density at radius 1 is 1.40 bits per heavy atom. The topological polar surface area (TPSA) is 29.1 Å². The molecule has 2 heteroatoms. The van der Waals surface area contributed by atoms with Crippen LogP contribution in [0, 0.1) is 0 Å². The quantitative estimate of drug-likeness (QED) is 0.589. The Morgan fingerprint density at radius 3 is 2.93 bits per heavy atom. The van der Waals surface area contributed by atoms with Gasteiger partial charge in [0.25, 0.3) is 0 Å². The number of hydrogen-bond donors (Lipinski definition) is 1. The summed E-state index contributed by atoms with van der Waals surface area (Å²) in [6.45, 7) is 4.86. The summed E-state index contributed by atoms with van der Waals surface area (Å²) in [4.78, 5) is 11.8. The van der Waals surface area contributed by atoms with E-state index in [2.05, 4.69) is 5.32 Å². The molecule has 1 aromatic carbocycles. The molecular formula is C13H15NO. The first kappa shape index (κ1) is 9.97. The lowest BCUT2D eigenvalue weighted by molar-refractivity contribution is 0.104. The zero-order valence-corrected chi connectivity index (χ0v) is 9.13. The summed E-state index contributed by atoms with van der Waals surface area (Å²) in [6, 6.07) is 5.88. The van der Waals surface area contributed by atoms with E-state index in [0.29, 0.717) is 0 Å². The summed E-state index contributed by atoms with van der Waals surface area (Å²) in [5.41, 5.74) is 4.25. The van der Waals surface area contributed by atoms with Crippen LogP contribution in [0.3, 0.4) is 0 Å². The Morgan fingerprint density at radius 2 is 2.20 bits per heavy atom. The van der Waals surface area contributed by atoms with Gasteiger partial charge >= 0.3 is 0 Å². The van der Waals surface area contributed by atoms with E-state index >= 15 is 0 Å². The van der Waals surface area contributed by atoms with Gasteiger partial charge in [-0.1, -0.05) is 5.57 Å². The Balaban J connectivity index is 2.31. The van der Waals surface area contributed by atoms with Crippen molar-refractivity contribution in [2.45, 2.75) is 20.3 Å². The van der Waals surface area contributed by atoms with Crippen LogP contribution in [0.5, 0.6) is 0 Å². The molecule has 1 aliphatic heterocycles. The summed E-state index contributed by atoms with van der Waals surface area (Å²) in [5.74, 6) is 0.102. The van der Waals surface area contributed by atoms with Crippen molar-refractivity contribution in [2.24, 2.45) is 0 Å². The number of anilines is 1. The number of allylic oxidation sites excluding steroid dienone is 2. The van der Waals surface area contributed by atoms with E-state index in [1.165, 1.54) is 11.3 Å². The Labute approximate surface area is 90.0 Å². The third kappa shape index (κ3) is 2.09. The standard InChI is InChI=1S/C13H15NO/c1-9(2)7-13(15)11-3-4-12-10(8-11)5-6-14-12/h3-4,7-8,14H,5-6H2,1-2H3. The molecule has 1 aliphatic rings. The maximum atomic E-state index is 11.8. The molecule has 0 bridgehead atoms. The zero-order chi connectivity index (χ0) is 10.8. The van der Waals surface area contributed by atoms with Gasteiger partial charge in [0.15, 0.2) is 5.78 Å². The smallest absolute Gasteiger partial charge is 0.185 e. The van der Waals surface area contributed by atoms with Gasteiger partial charge in [-0.25, -0.2) is 0 Å². The molecule has 1 N–H and O–H groups in total. The van der Waals surface area contributed by atoms with Crippen LogP contribution in [-0.4, -0.2) is 12.3 Å². The first-order valence-corrected chi connectivity index (χ1v) is 5.23. The Hall–Kier alpha value is -1.57. The highest BCUT2D eigenvalue weighted by Gasteiger charge is 2.11. The zero-order valence-electron chi connectivity index (χ0n) is 9.13. The monoisotopic (exact) mass is 201 g/mol. The molecule has 1 heterocycles. The van der Waals surface area contributed by atoms with Gasteiger partial charge in [-0.2, -0.15) is 0 Å². The van der Waals surface area contributed by atoms with Crippen molar-refractivity contribution in [3.8, 4) is 0 Å². The van der Waals surface area contributed by atoms with Crippen molar-refractivity contribution in [2.75, 3.05) is 11.9 Å². The van der Waals surface area contributed by atoms with Crippen LogP contribution in [0.4, 0.5) is 5.69 Å². The number of hydrogen-bond acceptors (Lipinski definition) is 2. The van der Waals surface area contributed by atoms with Gasteiger partial charge in [0.05, 0.1) is 0 Å². The fraction of sp³-hybridized carbons (Fsp3) is 0.308. The van der Waals surface area contributed by atoms with E-state index in [1.807, 2.05) is 32.0 Å². The van der Waals surface area contributed by atoms with Crippen LogP contribution in [0.15, 0.2) is 29.8 Å². The average Bonchev–Trinajstić information content (AvgIpc) is 2.62. The summed E-state index contributed by atoms with van der Waals surface area (Å²) in [7, 11) is 0. The van der Waals surface area contributed by atoms with E-state index in [9.17, 15) is 4.79 Å². The SMILES string of the molecule is CC(C)=CC(=O)c1ccc2c(c1)CCN2. The lowest BCUT2D eigenvalue weighted by Gasteiger charge is -2.01. The van der Waals surface area contributed by atoms with Crippen molar-refractivity contribution in [1.29, 1.82) is 0 Å². The van der Waals surface area contributed by atoms with E-state index in [0.717, 1.165) is 24.1 Å². The third-order valence-corrected chi connectivity index (χ3v) is 2.52. The van der Waals surface area contributed by atoms with Gasteiger partial charge in [-0.15, -0.1) is 0 Å². The summed E-state index contributed by atoms with van der Waals surface area (Å²) < 4.78 is 0. The van der Waals surface area contributed by atoms with Crippen LogP contribution >= 0.6 is 0 Å². The minimum absolute atomic E-state index is 0.102. The molecule has 2 rings (SSSR count). The molecule has 0 unspecified atom stereocenters.